The van der Waals surface area contributed by atoms with E-state index in [1.807, 2.05) is 0 Å². The minimum absolute atomic E-state index is 0.558. The predicted molar refractivity (Wildman–Crippen MR) is 48.2 cm³/mol. The van der Waals surface area contributed by atoms with Gasteiger partial charge in [-0.3, -0.25) is 0 Å². The molecule has 1 heterocycles. The van der Waals surface area contributed by atoms with E-state index < -0.39 is 11.9 Å². The Balaban J connectivity index is 0. The summed E-state index contributed by atoms with van der Waals surface area (Å²) in [6.45, 7) is 2.00. The molecule has 1 aliphatic rings. The summed E-state index contributed by atoms with van der Waals surface area (Å²) in [6.07, 6.45) is 1.12. The van der Waals surface area contributed by atoms with Crippen molar-refractivity contribution in [2.45, 2.75) is 0 Å². The number of methoxy groups -OCH3 is 1. The molecule has 6 nitrogen and oxygen atoms in total. The van der Waals surface area contributed by atoms with E-state index in [1.54, 1.807) is 14.2 Å². The highest BCUT2D eigenvalue weighted by Gasteiger charge is 1.94. The summed E-state index contributed by atoms with van der Waals surface area (Å²) in [4.78, 5) is 19.1. The molecular weight excluding hydrogens is 192 g/mol. The maximum atomic E-state index is 9.55. The first-order chi connectivity index (χ1) is 6.54. The summed E-state index contributed by atoms with van der Waals surface area (Å²) in [7, 11) is 3.25. The van der Waals surface area contributed by atoms with E-state index in [0.29, 0.717) is 12.2 Å². The second kappa shape index (κ2) is 11.6. The molecule has 0 unspecified atom stereocenters. The summed E-state index contributed by atoms with van der Waals surface area (Å²) in [5, 5.41) is 15.6. The van der Waals surface area contributed by atoms with E-state index in [-0.39, 0.29) is 0 Å². The van der Waals surface area contributed by atoms with Gasteiger partial charge in [0.2, 0.25) is 0 Å². The van der Waals surface area contributed by atoms with E-state index in [1.165, 1.54) is 0 Å². The Morgan fingerprint density at radius 3 is 1.43 bits per heavy atom. The Labute approximate surface area is 81.7 Å². The SMILES string of the molecule is C1CO1.COC.O=C(O)/C=C\C(=O)O. The first-order valence-electron chi connectivity index (χ1n) is 3.66. The van der Waals surface area contributed by atoms with Gasteiger partial charge in [-0.25, -0.2) is 9.59 Å². The lowest BCUT2D eigenvalue weighted by atomic mass is 10.5. The number of hydrogen-bond acceptors (Lipinski definition) is 4. The van der Waals surface area contributed by atoms with Gasteiger partial charge in [0.15, 0.2) is 0 Å². The Bertz CT molecular complexity index is 166. The van der Waals surface area contributed by atoms with Crippen LogP contribution < -0.4 is 0 Å². The molecule has 0 saturated carbocycles. The molecule has 0 spiro atoms. The average Bonchev–Trinajstić information content (AvgIpc) is 2.87. The van der Waals surface area contributed by atoms with Gasteiger partial charge in [0.05, 0.1) is 13.2 Å². The van der Waals surface area contributed by atoms with Crippen molar-refractivity contribution in [2.24, 2.45) is 0 Å². The Hall–Kier alpha value is -1.40. The van der Waals surface area contributed by atoms with Gasteiger partial charge in [-0.1, -0.05) is 0 Å². The fraction of sp³-hybridized carbons (Fsp3) is 0.500. The van der Waals surface area contributed by atoms with Crippen molar-refractivity contribution in [3.8, 4) is 0 Å². The van der Waals surface area contributed by atoms with Crippen LogP contribution >= 0.6 is 0 Å². The lowest BCUT2D eigenvalue weighted by Gasteiger charge is -1.74. The van der Waals surface area contributed by atoms with Crippen LogP contribution in [-0.4, -0.2) is 49.6 Å². The molecule has 0 bridgehead atoms. The third-order valence-corrected chi connectivity index (χ3v) is 0.573. The van der Waals surface area contributed by atoms with Crippen molar-refractivity contribution < 1.29 is 29.3 Å². The highest BCUT2D eigenvalue weighted by Crippen LogP contribution is 1.84. The number of hydrogen-bond donors (Lipinski definition) is 2. The molecule has 1 rings (SSSR count). The number of rotatable bonds is 2. The summed E-state index contributed by atoms with van der Waals surface area (Å²) >= 11 is 0. The molecule has 0 amide bonds. The Morgan fingerprint density at radius 2 is 1.36 bits per heavy atom. The molecule has 0 radical (unpaired) electrons. The monoisotopic (exact) mass is 206 g/mol. The lowest BCUT2D eigenvalue weighted by Crippen LogP contribution is -1.91. The van der Waals surface area contributed by atoms with Crippen molar-refractivity contribution in [1.82, 2.24) is 0 Å². The van der Waals surface area contributed by atoms with E-state index in [4.69, 9.17) is 10.2 Å². The number of aliphatic carboxylic acids is 2. The molecule has 1 fully saturated rings. The summed E-state index contributed by atoms with van der Waals surface area (Å²) < 4.78 is 8.75. The first kappa shape index (κ1) is 15.1. The van der Waals surface area contributed by atoms with Gasteiger partial charge in [0, 0.05) is 26.4 Å². The smallest absolute Gasteiger partial charge is 0.328 e. The normalized spacial score (nSPS) is 11.9. The molecule has 0 aromatic heterocycles. The second-order valence-corrected chi connectivity index (χ2v) is 2.03. The third kappa shape index (κ3) is 46.2. The van der Waals surface area contributed by atoms with Crippen LogP contribution in [0.1, 0.15) is 0 Å². The number of carboxylic acid groups (broad SMARTS) is 2. The molecule has 0 atom stereocenters. The first-order valence-corrected chi connectivity index (χ1v) is 3.66. The molecule has 1 saturated heterocycles. The number of carboxylic acids is 2. The van der Waals surface area contributed by atoms with Crippen LogP contribution in [0.25, 0.3) is 0 Å². The van der Waals surface area contributed by atoms with Crippen molar-refractivity contribution in [2.75, 3.05) is 27.4 Å². The van der Waals surface area contributed by atoms with Crippen molar-refractivity contribution in [3.05, 3.63) is 12.2 Å². The quantitative estimate of drug-likeness (QED) is 0.487. The van der Waals surface area contributed by atoms with Gasteiger partial charge in [0.25, 0.3) is 0 Å². The van der Waals surface area contributed by atoms with Gasteiger partial charge < -0.3 is 19.7 Å². The van der Waals surface area contributed by atoms with Crippen LogP contribution in [0.3, 0.4) is 0 Å². The number of epoxide rings is 1. The van der Waals surface area contributed by atoms with Crippen LogP contribution in [-0.2, 0) is 19.1 Å². The van der Waals surface area contributed by atoms with Crippen molar-refractivity contribution in [3.63, 3.8) is 0 Å². The molecular formula is C8H14O6. The van der Waals surface area contributed by atoms with Crippen molar-refractivity contribution >= 4 is 11.9 Å². The van der Waals surface area contributed by atoms with Gasteiger partial charge >= 0.3 is 11.9 Å². The van der Waals surface area contributed by atoms with Gasteiger partial charge in [0.1, 0.15) is 0 Å². The van der Waals surface area contributed by atoms with Crippen LogP contribution in [0.2, 0.25) is 0 Å². The second-order valence-electron chi connectivity index (χ2n) is 2.03. The van der Waals surface area contributed by atoms with Crippen LogP contribution in [0.4, 0.5) is 0 Å². The maximum absolute atomic E-state index is 9.55. The van der Waals surface area contributed by atoms with Crippen molar-refractivity contribution in [1.29, 1.82) is 0 Å². The van der Waals surface area contributed by atoms with E-state index in [9.17, 15) is 9.59 Å². The standard InChI is InChI=1S/C4H4O4.C2H4O.C2H6O/c5-3(6)1-2-4(7)8;1-2-3-1;1-3-2/h1-2H,(H,5,6)(H,7,8);1-2H2;1-2H3/b2-1-;;. The fourth-order valence-corrected chi connectivity index (χ4v) is 0.143. The topological polar surface area (TPSA) is 96.4 Å². The molecule has 0 aromatic carbocycles. The van der Waals surface area contributed by atoms with Gasteiger partial charge in [-0.2, -0.15) is 0 Å². The number of carbonyl (C=O) groups is 2. The molecule has 6 heteroatoms. The number of ether oxygens (including phenoxy) is 2. The zero-order valence-electron chi connectivity index (χ0n) is 8.10. The summed E-state index contributed by atoms with van der Waals surface area (Å²) in [5.74, 6) is -2.51. The molecule has 0 aliphatic carbocycles. The van der Waals surface area contributed by atoms with E-state index in [0.717, 1.165) is 13.2 Å². The molecule has 14 heavy (non-hydrogen) atoms. The summed E-state index contributed by atoms with van der Waals surface area (Å²) in [5.41, 5.74) is 0. The van der Waals surface area contributed by atoms with Crippen LogP contribution in [0, 0.1) is 0 Å². The largest absolute Gasteiger partial charge is 0.478 e. The highest BCUT2D eigenvalue weighted by atomic mass is 16.6. The predicted octanol–water partition coefficient (Wildman–Crippen LogP) is -0.00900. The van der Waals surface area contributed by atoms with Crippen LogP contribution in [0.15, 0.2) is 12.2 Å². The molecule has 82 valence electrons. The minimum Gasteiger partial charge on any atom is -0.478 e. The van der Waals surface area contributed by atoms with Crippen LogP contribution in [0.5, 0.6) is 0 Å². The average molecular weight is 206 g/mol. The Morgan fingerprint density at radius 1 is 1.14 bits per heavy atom. The maximum Gasteiger partial charge on any atom is 0.328 e. The third-order valence-electron chi connectivity index (χ3n) is 0.573. The lowest BCUT2D eigenvalue weighted by molar-refractivity contribution is -0.134. The minimum atomic E-state index is -1.26. The van der Waals surface area contributed by atoms with E-state index in [2.05, 4.69) is 9.47 Å². The Kier molecular flexibility index (Phi) is 12.5. The highest BCUT2D eigenvalue weighted by molar-refractivity contribution is 5.89. The zero-order valence-corrected chi connectivity index (χ0v) is 8.10. The molecule has 1 aliphatic heterocycles. The van der Waals surface area contributed by atoms with E-state index >= 15 is 0 Å². The fourth-order valence-electron chi connectivity index (χ4n) is 0.143. The molecule has 0 aromatic rings. The molecule has 2 N–H and O–H groups in total. The van der Waals surface area contributed by atoms with Gasteiger partial charge in [-0.05, 0) is 0 Å². The van der Waals surface area contributed by atoms with Gasteiger partial charge in [-0.15, -0.1) is 0 Å². The zero-order chi connectivity index (χ0) is 11.4. The summed E-state index contributed by atoms with van der Waals surface area (Å²) in [6, 6.07) is 0.